The zero-order chi connectivity index (χ0) is 73.4. The van der Waals surface area contributed by atoms with Crippen LogP contribution in [-0.2, 0) is 42.8 Å². The third-order valence-electron chi connectivity index (χ3n) is 18.4. The number of rotatable bonds is 28. The third-order valence-corrected chi connectivity index (χ3v) is 18.4. The number of nitrogens with zero attached hydrogens (tertiary/aromatic N) is 3. The molecule has 3 aliphatic carbocycles. The van der Waals surface area contributed by atoms with Gasteiger partial charge in [-0.3, -0.25) is 0 Å². The molecule has 9 amide bonds. The monoisotopic (exact) mass is 1360 g/mol. The van der Waals surface area contributed by atoms with Crippen LogP contribution >= 0.6 is 0 Å². The van der Waals surface area contributed by atoms with Gasteiger partial charge in [0, 0.05) is 71.1 Å². The number of nitrogens with one attached hydrogen (secondary N) is 6. The van der Waals surface area contributed by atoms with E-state index in [1.807, 2.05) is 69.2 Å². The minimum atomic E-state index is -1.23. The zero-order valence-electron chi connectivity index (χ0n) is 62.9. The standard InChI is InChI=1S/C72H125N9O15/c1-26-72(45-94-60(88)73-42-69(23)36-51(33-66(17,18)39-69)76-57(85)79(63(8,9)10)27-30-91-54(82)48(2)3,46-95-61(89)74-43-70(24)37-52(34-67(19,20)40-70)77-58(86)80(64(11,12)13)28-31-92-55(83)49(4)5)47-96-62(90)75-44-71(25)38-53(35-68(21,22)41-71)78-59(87)81(65(14,15)16)29-32-93-56(84)50(6)7/h51-53H,2,4,6,26-47H2,1,3,5,7-25H3,(H,73,88)(H,74,89)(H,75,90)(H,76,85)(H,77,86)(H,78,87). The molecule has 0 bridgehead atoms. The third kappa shape index (κ3) is 28.0. The first-order valence-electron chi connectivity index (χ1n) is 34.2. The molecule has 0 aliphatic heterocycles. The first kappa shape index (κ1) is 83.5. The highest BCUT2D eigenvalue weighted by atomic mass is 16.6. The molecule has 6 N–H and O–H groups in total. The van der Waals surface area contributed by atoms with Gasteiger partial charge in [-0.25, -0.2) is 43.2 Å². The molecular formula is C72H125N9O15. The molecule has 24 nitrogen and oxygen atoms in total. The van der Waals surface area contributed by atoms with Gasteiger partial charge in [0.2, 0.25) is 0 Å². The molecule has 3 saturated carbocycles. The Morgan fingerprint density at radius 2 is 0.625 bits per heavy atom. The molecule has 6 unspecified atom stereocenters. The van der Waals surface area contributed by atoms with Crippen LogP contribution in [0.4, 0.5) is 28.8 Å². The Morgan fingerprint density at radius 3 is 0.823 bits per heavy atom. The van der Waals surface area contributed by atoms with Crippen LogP contribution in [0.2, 0.25) is 0 Å². The van der Waals surface area contributed by atoms with Crippen LogP contribution in [0, 0.1) is 37.9 Å². The van der Waals surface area contributed by atoms with Crippen LogP contribution < -0.4 is 31.9 Å². The second-order valence-electron chi connectivity index (χ2n) is 34.5. The Hall–Kier alpha value is -6.75. The van der Waals surface area contributed by atoms with Crippen LogP contribution in [0.25, 0.3) is 0 Å². The lowest BCUT2D eigenvalue weighted by Crippen LogP contribution is -2.57. The molecule has 24 heteroatoms. The fourth-order valence-electron chi connectivity index (χ4n) is 14.7. The van der Waals surface area contributed by atoms with Gasteiger partial charge < -0.3 is 75.0 Å². The van der Waals surface area contributed by atoms with Crippen LogP contribution in [0.15, 0.2) is 36.5 Å². The number of carbonyl (C=O) groups is 9. The Kier molecular flexibility index (Phi) is 29.3. The average molecular weight is 1360 g/mol. The van der Waals surface area contributed by atoms with E-state index in [2.05, 4.69) is 114 Å². The highest BCUT2D eigenvalue weighted by molar-refractivity contribution is 5.88. The number of esters is 3. The number of carbonyl (C=O) groups excluding carboxylic acids is 9. The summed E-state index contributed by atoms with van der Waals surface area (Å²) in [6.45, 7) is 53.7. The maximum atomic E-state index is 14.0. The van der Waals surface area contributed by atoms with Crippen LogP contribution in [0.5, 0.6) is 0 Å². The summed E-state index contributed by atoms with van der Waals surface area (Å²) in [7, 11) is 0. The highest BCUT2D eigenvalue weighted by Crippen LogP contribution is 2.48. The molecule has 0 aromatic rings. The Labute approximate surface area is 574 Å². The fourth-order valence-corrected chi connectivity index (χ4v) is 14.7. The van der Waals surface area contributed by atoms with E-state index >= 15 is 0 Å². The summed E-state index contributed by atoms with van der Waals surface area (Å²) >= 11 is 0. The minimum absolute atomic E-state index is 0.00241. The van der Waals surface area contributed by atoms with Crippen molar-refractivity contribution in [2.24, 2.45) is 37.9 Å². The molecule has 3 rings (SSSR count). The van der Waals surface area contributed by atoms with E-state index in [4.69, 9.17) is 28.4 Å². The summed E-state index contributed by atoms with van der Waals surface area (Å²) in [6.07, 6.45) is 3.79. The number of ether oxygens (including phenoxy) is 6. The van der Waals surface area contributed by atoms with Gasteiger partial charge in [-0.2, -0.15) is 0 Å². The van der Waals surface area contributed by atoms with E-state index in [9.17, 15) is 43.2 Å². The molecule has 3 aliphatic rings. The lowest BCUT2D eigenvalue weighted by atomic mass is 9.62. The summed E-state index contributed by atoms with van der Waals surface area (Å²) in [4.78, 5) is 125. The van der Waals surface area contributed by atoms with Crippen molar-refractivity contribution in [2.75, 3.05) is 78.9 Å². The van der Waals surface area contributed by atoms with E-state index < -0.39 is 74.5 Å². The van der Waals surface area contributed by atoms with Gasteiger partial charge in [0.1, 0.15) is 39.6 Å². The number of hydrogen-bond donors (Lipinski definition) is 6. The van der Waals surface area contributed by atoms with Crippen molar-refractivity contribution in [2.45, 2.75) is 251 Å². The SMILES string of the molecule is C=C(C)C(=O)OCCN(C(=O)NC1CC(C)(C)CC(C)(CNC(=O)OCC(CC)(COC(=O)NCC2(C)CC(NC(=O)N(CCOC(=O)C(=C)C)C(C)(C)C)CC(C)(C)C2)COC(=O)NCC2(C)CC(NC(=O)N(CCOC(=O)C(=C)C)C(C)(C)C)CC(C)(C)C2)C1)C(C)(C)C. The second kappa shape index (κ2) is 33.7. The van der Waals surface area contributed by atoms with Crippen molar-refractivity contribution >= 4 is 54.3 Å². The minimum Gasteiger partial charge on any atom is -0.460 e. The molecule has 0 aromatic carbocycles. The van der Waals surface area contributed by atoms with Gasteiger partial charge in [0.05, 0.1) is 25.0 Å². The van der Waals surface area contributed by atoms with Gasteiger partial charge in [0.25, 0.3) is 0 Å². The number of amides is 9. The van der Waals surface area contributed by atoms with E-state index in [0.29, 0.717) is 57.8 Å². The molecule has 0 spiro atoms. The summed E-state index contributed by atoms with van der Waals surface area (Å²) in [5.41, 5.74) is -4.45. The van der Waals surface area contributed by atoms with Crippen molar-refractivity contribution in [3.05, 3.63) is 36.5 Å². The van der Waals surface area contributed by atoms with Crippen molar-refractivity contribution in [3.8, 4) is 0 Å². The summed E-state index contributed by atoms with van der Waals surface area (Å²) in [5.74, 6) is -1.59. The molecule has 6 atom stereocenters. The largest absolute Gasteiger partial charge is 0.460 e. The molecule has 3 fully saturated rings. The first-order chi connectivity index (χ1) is 43.7. The van der Waals surface area contributed by atoms with Crippen molar-refractivity contribution in [3.63, 3.8) is 0 Å². The Morgan fingerprint density at radius 1 is 0.396 bits per heavy atom. The molecule has 0 aromatic heterocycles. The van der Waals surface area contributed by atoms with Gasteiger partial charge in [-0.05, 0) is 180 Å². The van der Waals surface area contributed by atoms with Crippen molar-refractivity contribution in [1.29, 1.82) is 0 Å². The normalized spacial score (nSPS) is 23.5. The molecular weight excluding hydrogens is 1230 g/mol. The van der Waals surface area contributed by atoms with Crippen LogP contribution in [-0.4, -0.2) is 183 Å². The number of urea groups is 3. The molecule has 96 heavy (non-hydrogen) atoms. The van der Waals surface area contributed by atoms with E-state index in [-0.39, 0.29) is 155 Å². The predicted octanol–water partition coefficient (Wildman–Crippen LogP) is 12.1. The van der Waals surface area contributed by atoms with Crippen LogP contribution in [0.3, 0.4) is 0 Å². The quantitative estimate of drug-likeness (QED) is 0.0241. The Balaban J connectivity index is 1.83. The fraction of sp³-hybridized carbons (Fsp3) is 0.792. The average Bonchev–Trinajstić information content (AvgIpc) is 0.808. The van der Waals surface area contributed by atoms with Gasteiger partial charge in [-0.1, -0.05) is 89.0 Å². The van der Waals surface area contributed by atoms with Crippen molar-refractivity contribution in [1.82, 2.24) is 46.6 Å². The maximum Gasteiger partial charge on any atom is 0.407 e. The zero-order valence-corrected chi connectivity index (χ0v) is 62.9. The summed E-state index contributed by atoms with van der Waals surface area (Å²) < 4.78 is 34.0. The lowest BCUT2D eigenvalue weighted by Gasteiger charge is -2.47. The number of hydrogen-bond acceptors (Lipinski definition) is 15. The lowest BCUT2D eigenvalue weighted by molar-refractivity contribution is -0.140. The first-order valence-corrected chi connectivity index (χ1v) is 34.2. The molecule has 0 radical (unpaired) electrons. The summed E-state index contributed by atoms with van der Waals surface area (Å²) in [5, 5.41) is 18.6. The van der Waals surface area contributed by atoms with Gasteiger partial charge in [-0.15, -0.1) is 0 Å². The molecule has 548 valence electrons. The van der Waals surface area contributed by atoms with E-state index in [0.717, 1.165) is 0 Å². The Bertz CT molecular complexity index is 2490. The second-order valence-corrected chi connectivity index (χ2v) is 34.5. The topological polar surface area (TPSA) is 291 Å². The van der Waals surface area contributed by atoms with Gasteiger partial charge >= 0.3 is 54.3 Å². The van der Waals surface area contributed by atoms with E-state index in [1.165, 1.54) is 0 Å². The predicted molar refractivity (Wildman–Crippen MR) is 372 cm³/mol. The van der Waals surface area contributed by atoms with Crippen LogP contribution in [0.1, 0.15) is 217 Å². The van der Waals surface area contributed by atoms with Gasteiger partial charge in [0.15, 0.2) is 0 Å². The molecule has 0 heterocycles. The highest BCUT2D eigenvalue weighted by Gasteiger charge is 2.47. The smallest absolute Gasteiger partial charge is 0.407 e. The summed E-state index contributed by atoms with van der Waals surface area (Å²) in [6, 6.07) is -1.70. The molecule has 0 saturated heterocycles. The number of alkyl carbamates (subject to hydrolysis) is 3. The van der Waals surface area contributed by atoms with Crippen molar-refractivity contribution < 1.29 is 71.6 Å². The van der Waals surface area contributed by atoms with E-state index in [1.54, 1.807) is 35.5 Å². The maximum absolute atomic E-state index is 14.0.